The van der Waals surface area contributed by atoms with Crippen LogP contribution in [0.1, 0.15) is 62.6 Å². The van der Waals surface area contributed by atoms with Gasteiger partial charge in [-0.1, -0.05) is 31.2 Å². The molecule has 2 aliphatic rings. The minimum absolute atomic E-state index is 0.185. The first-order chi connectivity index (χ1) is 11.6. The lowest BCUT2D eigenvalue weighted by Crippen LogP contribution is -2.35. The summed E-state index contributed by atoms with van der Waals surface area (Å²) in [5.74, 6) is 1.43. The van der Waals surface area contributed by atoms with E-state index in [9.17, 15) is 4.79 Å². The Balaban J connectivity index is 1.58. The van der Waals surface area contributed by atoms with Gasteiger partial charge in [0, 0.05) is 13.0 Å². The highest BCUT2D eigenvalue weighted by atomic mass is 16.1. The zero-order valence-corrected chi connectivity index (χ0v) is 15.3. The summed E-state index contributed by atoms with van der Waals surface area (Å²) in [6, 6.07) is 8.84. The summed E-state index contributed by atoms with van der Waals surface area (Å²) in [4.78, 5) is 15.0. The van der Waals surface area contributed by atoms with Gasteiger partial charge < -0.3 is 10.2 Å². The molecular weight excluding hydrogens is 296 g/mol. The Morgan fingerprint density at radius 1 is 1.25 bits per heavy atom. The van der Waals surface area contributed by atoms with Crippen molar-refractivity contribution in [3.05, 3.63) is 35.4 Å². The SMILES string of the molecule is CC1CCCc2ccccc2C1NC(=O)CCC1CCCN(C)C1. The van der Waals surface area contributed by atoms with Crippen LogP contribution in [0.25, 0.3) is 0 Å². The number of likely N-dealkylation sites (tertiary alicyclic amines) is 1. The number of amides is 1. The van der Waals surface area contributed by atoms with E-state index in [1.54, 1.807) is 0 Å². The first kappa shape index (κ1) is 17.5. The Labute approximate surface area is 146 Å². The maximum Gasteiger partial charge on any atom is 0.220 e. The number of carbonyl (C=O) groups excluding carboxylic acids is 1. The van der Waals surface area contributed by atoms with Crippen molar-refractivity contribution in [1.29, 1.82) is 0 Å². The highest BCUT2D eigenvalue weighted by Crippen LogP contribution is 2.33. The summed E-state index contributed by atoms with van der Waals surface area (Å²) in [5, 5.41) is 3.36. The molecule has 3 atom stereocenters. The quantitative estimate of drug-likeness (QED) is 0.849. The first-order valence-electron chi connectivity index (χ1n) is 9.69. The second-order valence-corrected chi connectivity index (χ2v) is 7.92. The second-order valence-electron chi connectivity index (χ2n) is 7.92. The number of hydrogen-bond acceptors (Lipinski definition) is 2. The number of fused-ring (bicyclic) bond motifs is 1. The summed E-state index contributed by atoms with van der Waals surface area (Å²) in [6.45, 7) is 4.64. The average Bonchev–Trinajstić information content (AvgIpc) is 2.73. The molecule has 24 heavy (non-hydrogen) atoms. The van der Waals surface area contributed by atoms with Crippen molar-refractivity contribution in [2.75, 3.05) is 20.1 Å². The van der Waals surface area contributed by atoms with Crippen molar-refractivity contribution in [1.82, 2.24) is 10.2 Å². The van der Waals surface area contributed by atoms with Crippen LogP contribution in [0.5, 0.6) is 0 Å². The van der Waals surface area contributed by atoms with Gasteiger partial charge in [0.2, 0.25) is 5.91 Å². The zero-order chi connectivity index (χ0) is 16.9. The summed E-state index contributed by atoms with van der Waals surface area (Å²) in [5.41, 5.74) is 2.76. The van der Waals surface area contributed by atoms with E-state index in [1.165, 1.54) is 43.4 Å². The largest absolute Gasteiger partial charge is 0.349 e. The van der Waals surface area contributed by atoms with Crippen molar-refractivity contribution in [2.45, 2.75) is 57.9 Å². The Kier molecular flexibility index (Phi) is 5.94. The van der Waals surface area contributed by atoms with Gasteiger partial charge in [0.1, 0.15) is 0 Å². The van der Waals surface area contributed by atoms with Crippen LogP contribution in [0.3, 0.4) is 0 Å². The number of rotatable bonds is 4. The number of carbonyl (C=O) groups is 1. The molecule has 132 valence electrons. The van der Waals surface area contributed by atoms with E-state index in [4.69, 9.17) is 0 Å². The fourth-order valence-electron chi connectivity index (χ4n) is 4.46. The maximum absolute atomic E-state index is 12.6. The third kappa shape index (κ3) is 4.38. The molecule has 1 saturated heterocycles. The number of nitrogens with zero attached hydrogens (tertiary/aromatic N) is 1. The molecule has 0 spiro atoms. The van der Waals surface area contributed by atoms with Gasteiger partial charge in [0.15, 0.2) is 0 Å². The van der Waals surface area contributed by atoms with Crippen LogP contribution in [-0.2, 0) is 11.2 Å². The van der Waals surface area contributed by atoms with Gasteiger partial charge in [0.25, 0.3) is 0 Å². The summed E-state index contributed by atoms with van der Waals surface area (Å²) < 4.78 is 0. The standard InChI is InChI=1S/C21H32N2O/c1-16-7-5-10-18-9-3-4-11-19(18)21(16)22-20(24)13-12-17-8-6-14-23(2)15-17/h3-4,9,11,16-17,21H,5-8,10,12-15H2,1-2H3,(H,22,24). The van der Waals surface area contributed by atoms with Crippen molar-refractivity contribution in [2.24, 2.45) is 11.8 Å². The molecule has 3 nitrogen and oxygen atoms in total. The van der Waals surface area contributed by atoms with Crippen LogP contribution in [0.15, 0.2) is 24.3 Å². The average molecular weight is 329 g/mol. The number of piperidine rings is 1. The van der Waals surface area contributed by atoms with E-state index in [0.717, 1.165) is 19.4 Å². The van der Waals surface area contributed by atoms with E-state index in [-0.39, 0.29) is 11.9 Å². The molecule has 0 aromatic heterocycles. The van der Waals surface area contributed by atoms with Gasteiger partial charge in [0.05, 0.1) is 6.04 Å². The maximum atomic E-state index is 12.6. The second kappa shape index (κ2) is 8.15. The number of benzene rings is 1. The molecule has 1 heterocycles. The van der Waals surface area contributed by atoms with Crippen molar-refractivity contribution < 1.29 is 4.79 Å². The predicted molar refractivity (Wildman–Crippen MR) is 98.9 cm³/mol. The molecule has 1 amide bonds. The number of aryl methyl sites for hydroxylation is 1. The lowest BCUT2D eigenvalue weighted by molar-refractivity contribution is -0.122. The molecule has 1 fully saturated rings. The Hall–Kier alpha value is -1.35. The third-order valence-corrected chi connectivity index (χ3v) is 5.88. The highest BCUT2D eigenvalue weighted by Gasteiger charge is 2.26. The molecule has 0 saturated carbocycles. The smallest absolute Gasteiger partial charge is 0.220 e. The lowest BCUT2D eigenvalue weighted by Gasteiger charge is -2.30. The normalized spacial score (nSPS) is 28.0. The summed E-state index contributed by atoms with van der Waals surface area (Å²) in [6.07, 6.45) is 7.80. The Morgan fingerprint density at radius 2 is 2.08 bits per heavy atom. The lowest BCUT2D eigenvalue weighted by atomic mass is 9.91. The van der Waals surface area contributed by atoms with E-state index in [0.29, 0.717) is 18.3 Å². The van der Waals surface area contributed by atoms with Crippen LogP contribution < -0.4 is 5.32 Å². The molecule has 3 rings (SSSR count). The number of hydrogen-bond donors (Lipinski definition) is 1. The molecule has 1 aromatic carbocycles. The minimum Gasteiger partial charge on any atom is -0.349 e. The first-order valence-corrected chi connectivity index (χ1v) is 9.69. The van der Waals surface area contributed by atoms with Crippen LogP contribution in [0.4, 0.5) is 0 Å². The van der Waals surface area contributed by atoms with Gasteiger partial charge in [-0.15, -0.1) is 0 Å². The molecule has 0 radical (unpaired) electrons. The topological polar surface area (TPSA) is 32.3 Å². The van der Waals surface area contributed by atoms with Crippen LogP contribution in [0.2, 0.25) is 0 Å². The van der Waals surface area contributed by atoms with Gasteiger partial charge in [-0.25, -0.2) is 0 Å². The summed E-state index contributed by atoms with van der Waals surface area (Å²) in [7, 11) is 2.19. The molecule has 0 bridgehead atoms. The fraction of sp³-hybridized carbons (Fsp3) is 0.667. The van der Waals surface area contributed by atoms with E-state index in [2.05, 4.69) is 48.5 Å². The third-order valence-electron chi connectivity index (χ3n) is 5.88. The van der Waals surface area contributed by atoms with Crippen molar-refractivity contribution in [3.8, 4) is 0 Å². The number of nitrogens with one attached hydrogen (secondary N) is 1. The molecule has 1 aliphatic carbocycles. The molecule has 3 unspecified atom stereocenters. The monoisotopic (exact) mass is 328 g/mol. The van der Waals surface area contributed by atoms with Gasteiger partial charge in [-0.2, -0.15) is 0 Å². The van der Waals surface area contributed by atoms with Gasteiger partial charge >= 0.3 is 0 Å². The molecule has 1 N–H and O–H groups in total. The molecule has 1 aliphatic heterocycles. The van der Waals surface area contributed by atoms with E-state index < -0.39 is 0 Å². The van der Waals surface area contributed by atoms with Crippen LogP contribution in [-0.4, -0.2) is 30.9 Å². The van der Waals surface area contributed by atoms with Crippen molar-refractivity contribution >= 4 is 5.91 Å². The minimum atomic E-state index is 0.185. The molecular formula is C21H32N2O. The van der Waals surface area contributed by atoms with Crippen molar-refractivity contribution in [3.63, 3.8) is 0 Å². The Bertz CT molecular complexity index is 557. The zero-order valence-electron chi connectivity index (χ0n) is 15.3. The summed E-state index contributed by atoms with van der Waals surface area (Å²) >= 11 is 0. The van der Waals surface area contributed by atoms with Crippen LogP contribution in [0, 0.1) is 11.8 Å². The molecule has 3 heteroatoms. The van der Waals surface area contributed by atoms with E-state index in [1.807, 2.05) is 0 Å². The molecule has 1 aromatic rings. The Morgan fingerprint density at radius 3 is 2.92 bits per heavy atom. The van der Waals surface area contributed by atoms with Crippen LogP contribution >= 0.6 is 0 Å². The van der Waals surface area contributed by atoms with Gasteiger partial charge in [-0.3, -0.25) is 4.79 Å². The highest BCUT2D eigenvalue weighted by molar-refractivity contribution is 5.76. The fourth-order valence-corrected chi connectivity index (χ4v) is 4.46. The van der Waals surface area contributed by atoms with Gasteiger partial charge in [-0.05, 0) is 75.1 Å². The predicted octanol–water partition coefficient (Wildman–Crippen LogP) is 3.94. The van der Waals surface area contributed by atoms with E-state index >= 15 is 0 Å².